The normalized spacial score (nSPS) is 38.8. The monoisotopic (exact) mass is 240 g/mol. The maximum absolute atomic E-state index is 5.48. The topological polar surface area (TPSA) is 24.5 Å². The Labute approximate surface area is 106 Å². The highest BCUT2D eigenvalue weighted by Gasteiger charge is 2.30. The number of likely N-dealkylation sites (N-methyl/N-ethyl adjacent to an activating group) is 1. The third kappa shape index (κ3) is 3.43. The zero-order valence-electron chi connectivity index (χ0n) is 11.6. The van der Waals surface area contributed by atoms with Crippen LogP contribution in [-0.4, -0.2) is 50.8 Å². The summed E-state index contributed by atoms with van der Waals surface area (Å²) in [6.45, 7) is 5.51. The van der Waals surface area contributed by atoms with Gasteiger partial charge in [0.2, 0.25) is 0 Å². The second-order valence-electron chi connectivity index (χ2n) is 6.03. The third-order valence-corrected chi connectivity index (χ3v) is 4.67. The molecule has 3 nitrogen and oxygen atoms in total. The SMILES string of the molecule is CNC1CCC(C)CC1CN(C)C1CCOC1. The van der Waals surface area contributed by atoms with Gasteiger partial charge in [0.25, 0.3) is 0 Å². The first kappa shape index (κ1) is 13.3. The van der Waals surface area contributed by atoms with E-state index in [1.807, 2.05) is 0 Å². The minimum atomic E-state index is 0.657. The van der Waals surface area contributed by atoms with Gasteiger partial charge in [-0.05, 0) is 51.6 Å². The molecular weight excluding hydrogens is 212 g/mol. The first-order valence-electron chi connectivity index (χ1n) is 7.16. The number of hydrogen-bond donors (Lipinski definition) is 1. The van der Waals surface area contributed by atoms with Crippen molar-refractivity contribution >= 4 is 0 Å². The largest absolute Gasteiger partial charge is 0.380 e. The van der Waals surface area contributed by atoms with Gasteiger partial charge in [0.1, 0.15) is 0 Å². The molecular formula is C14H28N2O. The van der Waals surface area contributed by atoms with Crippen LogP contribution >= 0.6 is 0 Å². The fourth-order valence-electron chi connectivity index (χ4n) is 3.47. The van der Waals surface area contributed by atoms with E-state index in [9.17, 15) is 0 Å². The molecule has 2 rings (SSSR count). The predicted octanol–water partition coefficient (Wildman–Crippen LogP) is 1.73. The van der Waals surface area contributed by atoms with Crippen LogP contribution in [0.25, 0.3) is 0 Å². The number of ether oxygens (including phenoxy) is 1. The molecule has 3 heteroatoms. The summed E-state index contributed by atoms with van der Waals surface area (Å²) >= 11 is 0. The molecule has 0 aromatic heterocycles. The summed E-state index contributed by atoms with van der Waals surface area (Å²) < 4.78 is 5.48. The minimum absolute atomic E-state index is 0.657. The minimum Gasteiger partial charge on any atom is -0.380 e. The Morgan fingerprint density at radius 1 is 1.29 bits per heavy atom. The number of nitrogens with zero attached hydrogens (tertiary/aromatic N) is 1. The molecule has 1 aliphatic heterocycles. The molecule has 2 fully saturated rings. The van der Waals surface area contributed by atoms with E-state index in [1.54, 1.807) is 0 Å². The van der Waals surface area contributed by atoms with Crippen molar-refractivity contribution in [3.63, 3.8) is 0 Å². The van der Waals surface area contributed by atoms with Gasteiger partial charge in [0.05, 0.1) is 6.61 Å². The van der Waals surface area contributed by atoms with Gasteiger partial charge in [-0.3, -0.25) is 0 Å². The molecule has 4 unspecified atom stereocenters. The van der Waals surface area contributed by atoms with Gasteiger partial charge in [-0.25, -0.2) is 0 Å². The van der Waals surface area contributed by atoms with Gasteiger partial charge in [0, 0.05) is 25.2 Å². The van der Waals surface area contributed by atoms with Gasteiger partial charge >= 0.3 is 0 Å². The van der Waals surface area contributed by atoms with Crippen LogP contribution in [-0.2, 0) is 4.74 Å². The maximum atomic E-state index is 5.48. The van der Waals surface area contributed by atoms with Gasteiger partial charge in [-0.2, -0.15) is 0 Å². The van der Waals surface area contributed by atoms with Crippen molar-refractivity contribution in [3.8, 4) is 0 Å². The van der Waals surface area contributed by atoms with Gasteiger partial charge < -0.3 is 15.0 Å². The van der Waals surface area contributed by atoms with Crippen LogP contribution < -0.4 is 5.32 Å². The van der Waals surface area contributed by atoms with Gasteiger partial charge in [0.15, 0.2) is 0 Å². The van der Waals surface area contributed by atoms with Crippen LogP contribution in [0, 0.1) is 11.8 Å². The van der Waals surface area contributed by atoms with E-state index in [-0.39, 0.29) is 0 Å². The second kappa shape index (κ2) is 6.17. The first-order chi connectivity index (χ1) is 8.20. The average molecular weight is 240 g/mol. The molecule has 0 amide bonds. The highest BCUT2D eigenvalue weighted by molar-refractivity contribution is 4.86. The number of nitrogens with one attached hydrogen (secondary N) is 1. The van der Waals surface area contributed by atoms with Crippen LogP contribution in [0.5, 0.6) is 0 Å². The number of hydrogen-bond acceptors (Lipinski definition) is 3. The number of rotatable bonds is 4. The van der Waals surface area contributed by atoms with E-state index < -0.39 is 0 Å². The summed E-state index contributed by atoms with van der Waals surface area (Å²) in [4.78, 5) is 2.53. The Kier molecular flexibility index (Phi) is 4.83. The van der Waals surface area contributed by atoms with Crippen LogP contribution in [0.15, 0.2) is 0 Å². The van der Waals surface area contributed by atoms with Crippen molar-refractivity contribution < 1.29 is 4.74 Å². The lowest BCUT2D eigenvalue weighted by atomic mass is 9.78. The Bertz CT molecular complexity index is 228. The zero-order valence-corrected chi connectivity index (χ0v) is 11.6. The molecule has 1 aliphatic carbocycles. The van der Waals surface area contributed by atoms with Crippen molar-refractivity contribution in [3.05, 3.63) is 0 Å². The van der Waals surface area contributed by atoms with E-state index in [0.29, 0.717) is 6.04 Å². The summed E-state index contributed by atoms with van der Waals surface area (Å²) in [7, 11) is 4.39. The highest BCUT2D eigenvalue weighted by atomic mass is 16.5. The Hall–Kier alpha value is -0.120. The van der Waals surface area contributed by atoms with E-state index in [2.05, 4.69) is 31.2 Å². The molecule has 1 N–H and O–H groups in total. The van der Waals surface area contributed by atoms with Crippen LogP contribution in [0.3, 0.4) is 0 Å². The van der Waals surface area contributed by atoms with Crippen LogP contribution in [0.2, 0.25) is 0 Å². The molecule has 4 atom stereocenters. The Morgan fingerprint density at radius 2 is 2.12 bits per heavy atom. The first-order valence-corrected chi connectivity index (χ1v) is 7.16. The summed E-state index contributed by atoms with van der Waals surface area (Å²) in [5.74, 6) is 1.71. The molecule has 0 aromatic carbocycles. The standard InChI is InChI=1S/C14H28N2O/c1-11-4-5-14(15-2)12(8-11)9-16(3)13-6-7-17-10-13/h11-15H,4-10H2,1-3H3. The lowest BCUT2D eigenvalue weighted by Crippen LogP contribution is -2.46. The van der Waals surface area contributed by atoms with E-state index >= 15 is 0 Å². The second-order valence-corrected chi connectivity index (χ2v) is 6.03. The van der Waals surface area contributed by atoms with Crippen molar-refractivity contribution in [1.82, 2.24) is 10.2 Å². The molecule has 0 spiro atoms. The fourth-order valence-corrected chi connectivity index (χ4v) is 3.47. The molecule has 0 aromatic rings. The van der Waals surface area contributed by atoms with Gasteiger partial charge in [-0.15, -0.1) is 0 Å². The molecule has 0 bridgehead atoms. The summed E-state index contributed by atoms with van der Waals surface area (Å²) in [5, 5.41) is 3.51. The maximum Gasteiger partial charge on any atom is 0.0622 e. The molecule has 0 radical (unpaired) electrons. The molecule has 1 saturated heterocycles. The predicted molar refractivity (Wildman–Crippen MR) is 71.2 cm³/mol. The Morgan fingerprint density at radius 3 is 2.76 bits per heavy atom. The van der Waals surface area contributed by atoms with E-state index in [1.165, 1.54) is 32.2 Å². The van der Waals surface area contributed by atoms with E-state index in [4.69, 9.17) is 4.74 Å². The fraction of sp³-hybridized carbons (Fsp3) is 1.00. The smallest absolute Gasteiger partial charge is 0.0622 e. The molecule has 17 heavy (non-hydrogen) atoms. The summed E-state index contributed by atoms with van der Waals surface area (Å²) in [5.41, 5.74) is 0. The average Bonchev–Trinajstić information content (AvgIpc) is 2.83. The van der Waals surface area contributed by atoms with Crippen molar-refractivity contribution in [2.24, 2.45) is 11.8 Å². The third-order valence-electron chi connectivity index (χ3n) is 4.67. The van der Waals surface area contributed by atoms with Crippen molar-refractivity contribution in [2.45, 2.75) is 44.7 Å². The van der Waals surface area contributed by atoms with Crippen molar-refractivity contribution in [1.29, 1.82) is 0 Å². The van der Waals surface area contributed by atoms with Crippen LogP contribution in [0.1, 0.15) is 32.6 Å². The van der Waals surface area contributed by atoms with Crippen LogP contribution in [0.4, 0.5) is 0 Å². The summed E-state index contributed by atoms with van der Waals surface area (Å²) in [6.07, 6.45) is 5.32. The van der Waals surface area contributed by atoms with Gasteiger partial charge in [-0.1, -0.05) is 6.92 Å². The highest BCUT2D eigenvalue weighted by Crippen LogP contribution is 2.30. The quantitative estimate of drug-likeness (QED) is 0.810. The molecule has 1 saturated carbocycles. The Balaban J connectivity index is 1.85. The molecule has 1 heterocycles. The van der Waals surface area contributed by atoms with E-state index in [0.717, 1.165) is 31.1 Å². The summed E-state index contributed by atoms with van der Waals surface area (Å²) in [6, 6.07) is 1.38. The molecule has 2 aliphatic rings. The molecule has 100 valence electrons. The lowest BCUT2D eigenvalue weighted by molar-refractivity contribution is 0.120. The zero-order chi connectivity index (χ0) is 12.3. The van der Waals surface area contributed by atoms with Crippen molar-refractivity contribution in [2.75, 3.05) is 33.9 Å². The lowest BCUT2D eigenvalue weighted by Gasteiger charge is -2.38.